The highest BCUT2D eigenvalue weighted by Crippen LogP contribution is 2.46. The number of carbonyl (C=O) groups excluding carboxylic acids is 3. The highest BCUT2D eigenvalue weighted by Gasteiger charge is 2.38. The number of ether oxygens (including phenoxy) is 6. The maximum atomic E-state index is 13.8. The minimum Gasteiger partial charge on any atom is -0.487 e. The number of nitrogens with one attached hydrogen (secondary N) is 3. The third-order valence-corrected chi connectivity index (χ3v) is 11.4. The Hall–Kier alpha value is -6.39. The number of benzene rings is 3. The van der Waals surface area contributed by atoms with Crippen molar-refractivity contribution in [3.63, 3.8) is 0 Å². The van der Waals surface area contributed by atoms with Gasteiger partial charge in [-0.25, -0.2) is 19.6 Å². The molecule has 3 N–H and O–H groups in total. The van der Waals surface area contributed by atoms with Crippen LogP contribution in [-0.4, -0.2) is 115 Å². The number of likely N-dealkylation sites (tertiary alicyclic amines) is 2. The van der Waals surface area contributed by atoms with Gasteiger partial charge in [-0.15, -0.1) is 0 Å². The summed E-state index contributed by atoms with van der Waals surface area (Å²) in [7, 11) is 4.52. The Labute approximate surface area is 367 Å². The van der Waals surface area contributed by atoms with Crippen LogP contribution < -0.4 is 14.8 Å². The van der Waals surface area contributed by atoms with E-state index in [2.05, 4.69) is 15.3 Å². The van der Waals surface area contributed by atoms with Gasteiger partial charge in [-0.3, -0.25) is 9.69 Å². The van der Waals surface area contributed by atoms with Crippen molar-refractivity contribution < 1.29 is 42.8 Å². The van der Waals surface area contributed by atoms with E-state index in [0.29, 0.717) is 55.7 Å². The zero-order valence-electron chi connectivity index (χ0n) is 36.6. The molecular weight excluding hydrogens is 807 g/mol. The van der Waals surface area contributed by atoms with Gasteiger partial charge in [0.1, 0.15) is 37.5 Å². The summed E-state index contributed by atoms with van der Waals surface area (Å²) in [5.41, 5.74) is 5.79. The third-order valence-electron chi connectivity index (χ3n) is 11.4. The van der Waals surface area contributed by atoms with Crippen LogP contribution in [-0.2, 0) is 30.3 Å². The molecule has 2 aromatic heterocycles. The second-order valence-corrected chi connectivity index (χ2v) is 15.9. The van der Waals surface area contributed by atoms with E-state index < -0.39 is 12.1 Å². The van der Waals surface area contributed by atoms with E-state index in [1.165, 1.54) is 7.11 Å². The summed E-state index contributed by atoms with van der Waals surface area (Å²) in [5.74, 6) is 2.04. The van der Waals surface area contributed by atoms with E-state index in [0.717, 1.165) is 58.6 Å². The van der Waals surface area contributed by atoms with E-state index in [-0.39, 0.29) is 49.8 Å². The Bertz CT molecular complexity index is 2300. The van der Waals surface area contributed by atoms with E-state index in [9.17, 15) is 14.4 Å². The van der Waals surface area contributed by atoms with Gasteiger partial charge in [0.05, 0.1) is 56.2 Å². The fraction of sp³-hybridized carbons (Fsp3) is 0.426. The number of nitrogens with zero attached hydrogens (tertiary/aromatic N) is 4. The fourth-order valence-corrected chi connectivity index (χ4v) is 8.13. The molecule has 0 radical (unpaired) electrons. The van der Waals surface area contributed by atoms with E-state index in [1.54, 1.807) is 36.4 Å². The zero-order chi connectivity index (χ0) is 44.3. The lowest BCUT2D eigenvalue weighted by molar-refractivity contribution is -0.135. The van der Waals surface area contributed by atoms with Crippen molar-refractivity contribution >= 4 is 18.1 Å². The lowest BCUT2D eigenvalue weighted by atomic mass is 9.98. The number of methoxy groups -OCH3 is 3. The molecule has 7 rings (SSSR count). The molecular formula is C47H57N7O9. The average molecular weight is 864 g/mol. The second kappa shape index (κ2) is 21.1. The Kier molecular flexibility index (Phi) is 15.0. The first-order valence-electron chi connectivity index (χ1n) is 21.4. The number of aromatic nitrogens is 4. The predicted molar refractivity (Wildman–Crippen MR) is 235 cm³/mol. The molecule has 0 unspecified atom stereocenters. The number of hydrogen-bond donors (Lipinski definition) is 3. The molecule has 2 fully saturated rings. The van der Waals surface area contributed by atoms with Gasteiger partial charge >= 0.3 is 12.2 Å². The molecule has 63 heavy (non-hydrogen) atoms. The molecule has 0 saturated carbocycles. The van der Waals surface area contributed by atoms with Gasteiger partial charge in [-0.05, 0) is 60.4 Å². The van der Waals surface area contributed by atoms with Gasteiger partial charge in [0.25, 0.3) is 0 Å². The number of aromatic amines is 2. The molecule has 3 aromatic carbocycles. The van der Waals surface area contributed by atoms with Crippen molar-refractivity contribution in [2.75, 3.05) is 60.8 Å². The number of hydrogen-bond acceptors (Lipinski definition) is 11. The summed E-state index contributed by atoms with van der Waals surface area (Å²) in [4.78, 5) is 59.0. The molecule has 2 aliphatic rings. The van der Waals surface area contributed by atoms with Crippen LogP contribution in [0.4, 0.5) is 9.59 Å². The SMILES string of the molecule is COCCOc1c(-c2ccc(-c3cnc([C@@H]4CCCN4C(=O)OCc4ccccc4)[nH]3)cc2)ccc(-c2cnc([C@@H]3CCCN3C(=O)[C@@H](NC(=O)OC)C(C)C)[nH]2)c1OCCOC. The Balaban J connectivity index is 1.13. The van der Waals surface area contributed by atoms with Crippen LogP contribution in [0.3, 0.4) is 0 Å². The summed E-state index contributed by atoms with van der Waals surface area (Å²) >= 11 is 0. The lowest BCUT2D eigenvalue weighted by Crippen LogP contribution is -2.51. The molecule has 2 saturated heterocycles. The van der Waals surface area contributed by atoms with Gasteiger partial charge in [0.2, 0.25) is 5.91 Å². The third kappa shape index (κ3) is 10.5. The van der Waals surface area contributed by atoms with Crippen LogP contribution in [0, 0.1) is 5.92 Å². The van der Waals surface area contributed by atoms with Crippen molar-refractivity contribution in [1.29, 1.82) is 0 Å². The highest BCUT2D eigenvalue weighted by atomic mass is 16.6. The maximum absolute atomic E-state index is 13.8. The molecule has 0 aliphatic carbocycles. The Morgan fingerprint density at radius 2 is 1.29 bits per heavy atom. The van der Waals surface area contributed by atoms with Crippen molar-refractivity contribution in [2.24, 2.45) is 5.92 Å². The van der Waals surface area contributed by atoms with Gasteiger partial charge < -0.3 is 48.6 Å². The summed E-state index contributed by atoms with van der Waals surface area (Å²) in [5, 5.41) is 2.71. The summed E-state index contributed by atoms with van der Waals surface area (Å²) in [6.45, 7) is 6.36. The molecule has 5 aromatic rings. The van der Waals surface area contributed by atoms with Gasteiger partial charge in [-0.2, -0.15) is 0 Å². The number of rotatable bonds is 18. The zero-order valence-corrected chi connectivity index (χ0v) is 36.6. The van der Waals surface area contributed by atoms with Gasteiger partial charge in [0.15, 0.2) is 11.5 Å². The summed E-state index contributed by atoms with van der Waals surface area (Å²) in [6, 6.07) is 20.4. The first-order valence-corrected chi connectivity index (χ1v) is 21.4. The maximum Gasteiger partial charge on any atom is 0.410 e. The van der Waals surface area contributed by atoms with Gasteiger partial charge in [0, 0.05) is 38.4 Å². The molecule has 0 bridgehead atoms. The highest BCUT2D eigenvalue weighted by molar-refractivity contribution is 5.87. The van der Waals surface area contributed by atoms with Crippen molar-refractivity contribution in [3.8, 4) is 45.1 Å². The number of amides is 3. The topological polar surface area (TPSA) is 182 Å². The first kappa shape index (κ1) is 44.7. The van der Waals surface area contributed by atoms with Crippen LogP contribution in [0.25, 0.3) is 33.6 Å². The van der Waals surface area contributed by atoms with Crippen molar-refractivity contribution in [1.82, 2.24) is 35.1 Å². The van der Waals surface area contributed by atoms with Crippen LogP contribution >= 0.6 is 0 Å². The largest absolute Gasteiger partial charge is 0.487 e. The quantitative estimate of drug-likeness (QED) is 0.0734. The van der Waals surface area contributed by atoms with Crippen LogP contribution in [0.5, 0.6) is 11.5 Å². The van der Waals surface area contributed by atoms with Crippen LogP contribution in [0.2, 0.25) is 0 Å². The first-order chi connectivity index (χ1) is 30.7. The fourth-order valence-electron chi connectivity index (χ4n) is 8.13. The Morgan fingerprint density at radius 3 is 1.92 bits per heavy atom. The molecule has 16 nitrogen and oxygen atoms in total. The van der Waals surface area contributed by atoms with Crippen molar-refractivity contribution in [3.05, 3.63) is 96.3 Å². The minimum atomic E-state index is -0.746. The number of alkyl carbamates (subject to hydrolysis) is 1. The molecule has 334 valence electrons. The molecule has 0 spiro atoms. The van der Waals surface area contributed by atoms with E-state index in [4.69, 9.17) is 38.4 Å². The molecule has 16 heteroatoms. The minimum absolute atomic E-state index is 0.154. The van der Waals surface area contributed by atoms with E-state index in [1.807, 2.05) is 80.6 Å². The number of H-pyrrole nitrogens is 2. The lowest BCUT2D eigenvalue weighted by Gasteiger charge is -2.30. The van der Waals surface area contributed by atoms with Gasteiger partial charge in [-0.1, -0.05) is 68.4 Å². The second-order valence-electron chi connectivity index (χ2n) is 15.9. The summed E-state index contributed by atoms with van der Waals surface area (Å²) in [6.07, 6.45) is 5.69. The monoisotopic (exact) mass is 863 g/mol. The summed E-state index contributed by atoms with van der Waals surface area (Å²) < 4.78 is 34.1. The molecule has 3 amide bonds. The standard InChI is InChI=1S/C47H57N7O9/c1-30(2)40(52-46(56)60-5)45(55)53-21-9-13-38(53)43-49-28-37(51-43)35-20-19-34(41(61-25-23-58-3)42(35)62-26-24-59-4)32-15-17-33(18-16-32)36-27-48-44(50-36)39-14-10-22-54(39)47(57)63-29-31-11-7-6-8-12-31/h6-8,11-12,15-20,27-28,30,38-40H,9-10,13-14,21-26,29H2,1-5H3,(H,48,50)(H,49,51)(H,52,56)/t38-,39-,40-/m0/s1. The Morgan fingerprint density at radius 1 is 0.714 bits per heavy atom. The van der Waals surface area contributed by atoms with E-state index >= 15 is 0 Å². The molecule has 2 aliphatic heterocycles. The normalized spacial score (nSPS) is 16.6. The average Bonchev–Trinajstić information content (AvgIpc) is 4.15. The number of carbonyl (C=O) groups is 3. The van der Waals surface area contributed by atoms with Crippen molar-refractivity contribution in [2.45, 2.75) is 64.3 Å². The molecule has 4 heterocycles. The van der Waals surface area contributed by atoms with Crippen LogP contribution in [0.1, 0.15) is 68.8 Å². The number of imidazole rings is 2. The predicted octanol–water partition coefficient (Wildman–Crippen LogP) is 7.70. The van der Waals surface area contributed by atoms with Crippen LogP contribution in [0.15, 0.2) is 79.1 Å². The molecule has 3 atom stereocenters. The smallest absolute Gasteiger partial charge is 0.410 e.